The van der Waals surface area contributed by atoms with Crippen LogP contribution >= 0.6 is 24.0 Å². The van der Waals surface area contributed by atoms with Crippen molar-refractivity contribution in [1.82, 2.24) is 15.1 Å². The first kappa shape index (κ1) is 22.3. The Hall–Kier alpha value is -0.770. The predicted octanol–water partition coefficient (Wildman–Crippen LogP) is 2.04. The maximum atomic E-state index is 12.2. The summed E-state index contributed by atoms with van der Waals surface area (Å²) in [6, 6.07) is 0.185. The number of rotatable bonds is 4. The number of ether oxygens (including phenoxy) is 1. The van der Waals surface area contributed by atoms with Crippen LogP contribution in [0.1, 0.15) is 47.5 Å². The maximum Gasteiger partial charge on any atom is 0.410 e. The highest BCUT2D eigenvalue weighted by Gasteiger charge is 2.37. The van der Waals surface area contributed by atoms with E-state index in [9.17, 15) is 9.90 Å². The molecule has 0 saturated carbocycles. The van der Waals surface area contributed by atoms with Crippen molar-refractivity contribution in [3.8, 4) is 0 Å². The molecule has 0 bridgehead atoms. The summed E-state index contributed by atoms with van der Waals surface area (Å²) in [5.74, 6) is 0.837. The molecule has 25 heavy (non-hydrogen) atoms. The third-order valence-corrected chi connectivity index (χ3v) is 4.75. The van der Waals surface area contributed by atoms with Gasteiger partial charge in [-0.15, -0.1) is 24.0 Å². The van der Waals surface area contributed by atoms with Gasteiger partial charge in [-0.2, -0.15) is 0 Å². The fourth-order valence-corrected chi connectivity index (χ4v) is 2.97. The third-order valence-electron chi connectivity index (χ3n) is 4.75. The Kier molecular flexibility index (Phi) is 7.79. The van der Waals surface area contributed by atoms with Gasteiger partial charge in [0.15, 0.2) is 5.96 Å². The fraction of sp³-hybridized carbons (Fsp3) is 0.882. The van der Waals surface area contributed by atoms with Gasteiger partial charge >= 0.3 is 6.09 Å². The number of halogens is 1. The van der Waals surface area contributed by atoms with Gasteiger partial charge in [-0.3, -0.25) is 4.99 Å². The molecule has 8 heteroatoms. The summed E-state index contributed by atoms with van der Waals surface area (Å²) >= 11 is 0. The van der Waals surface area contributed by atoms with Crippen molar-refractivity contribution in [3.63, 3.8) is 0 Å². The molecule has 2 rings (SSSR count). The Morgan fingerprint density at radius 3 is 2.52 bits per heavy atom. The zero-order valence-electron chi connectivity index (χ0n) is 16.0. The molecule has 2 aliphatic heterocycles. The second-order valence-electron chi connectivity index (χ2n) is 7.72. The van der Waals surface area contributed by atoms with Crippen LogP contribution in [0.25, 0.3) is 0 Å². The zero-order chi connectivity index (χ0) is 18.0. The molecule has 1 atom stereocenters. The first-order valence-corrected chi connectivity index (χ1v) is 8.92. The summed E-state index contributed by atoms with van der Waals surface area (Å²) in [4.78, 5) is 20.7. The molecule has 7 nitrogen and oxygen atoms in total. The van der Waals surface area contributed by atoms with E-state index in [0.717, 1.165) is 12.5 Å². The molecule has 1 fully saturated rings. The van der Waals surface area contributed by atoms with Gasteiger partial charge < -0.3 is 25.0 Å². The number of piperazine rings is 1. The third kappa shape index (κ3) is 5.87. The number of hydrogen-bond donors (Lipinski definition) is 2. The summed E-state index contributed by atoms with van der Waals surface area (Å²) in [5.41, 5.74) is -1.17. The predicted molar refractivity (Wildman–Crippen MR) is 110 cm³/mol. The van der Waals surface area contributed by atoms with Crippen molar-refractivity contribution in [2.24, 2.45) is 4.99 Å². The standard InChI is InChI=1S/C17H32N4O3.HI/c1-6-17(23,7-2)12-19-14-18-10-13-11-20(8-9-21(13)14)15(22)24-16(3,4)5;/h13,23H,6-12H2,1-5H3,(H,18,19);1H. The number of hydrogen-bond acceptors (Lipinski definition) is 6. The quantitative estimate of drug-likeness (QED) is 0.618. The summed E-state index contributed by atoms with van der Waals surface area (Å²) in [6.07, 6.45) is 1.16. The van der Waals surface area contributed by atoms with Crippen LogP contribution in [0.3, 0.4) is 0 Å². The van der Waals surface area contributed by atoms with Gasteiger partial charge in [0.25, 0.3) is 0 Å². The van der Waals surface area contributed by atoms with Gasteiger partial charge in [0.05, 0.1) is 18.2 Å². The molecule has 2 heterocycles. The van der Waals surface area contributed by atoms with Crippen LogP contribution in [0.4, 0.5) is 4.79 Å². The van der Waals surface area contributed by atoms with E-state index in [-0.39, 0.29) is 36.1 Å². The summed E-state index contributed by atoms with van der Waals surface area (Å²) < 4.78 is 5.46. The molecule has 0 aromatic heterocycles. The Morgan fingerprint density at radius 2 is 1.96 bits per heavy atom. The number of aliphatic imine (C=N–C) groups is 1. The lowest BCUT2D eigenvalue weighted by Gasteiger charge is -2.39. The largest absolute Gasteiger partial charge is 0.444 e. The van der Waals surface area contributed by atoms with Crippen LogP contribution in [0.2, 0.25) is 0 Å². The number of aliphatic hydroxyl groups is 1. The van der Waals surface area contributed by atoms with Crippen molar-refractivity contribution in [2.75, 3.05) is 32.7 Å². The molecule has 2 aliphatic rings. The molecule has 0 aromatic rings. The van der Waals surface area contributed by atoms with E-state index in [4.69, 9.17) is 4.74 Å². The molecule has 0 aromatic carbocycles. The van der Waals surface area contributed by atoms with Crippen molar-refractivity contribution in [2.45, 2.75) is 64.7 Å². The molecular formula is C17H33IN4O3. The molecule has 1 saturated heterocycles. The average Bonchev–Trinajstić information content (AvgIpc) is 2.93. The molecule has 1 amide bonds. The molecule has 0 radical (unpaired) electrons. The van der Waals surface area contributed by atoms with E-state index < -0.39 is 11.2 Å². The van der Waals surface area contributed by atoms with Gasteiger partial charge in [-0.05, 0) is 33.6 Å². The van der Waals surface area contributed by atoms with E-state index in [0.29, 0.717) is 39.0 Å². The van der Waals surface area contributed by atoms with Crippen LogP contribution in [-0.2, 0) is 4.74 Å². The minimum Gasteiger partial charge on any atom is -0.444 e. The van der Waals surface area contributed by atoms with E-state index in [1.807, 2.05) is 34.6 Å². The minimum absolute atomic E-state index is 0. The number of amides is 1. The lowest BCUT2D eigenvalue weighted by atomic mass is 9.98. The topological polar surface area (TPSA) is 77.4 Å². The smallest absolute Gasteiger partial charge is 0.410 e. The summed E-state index contributed by atoms with van der Waals surface area (Å²) in [6.45, 7) is 12.8. The number of nitrogens with zero attached hydrogens (tertiary/aromatic N) is 3. The van der Waals surface area contributed by atoms with Gasteiger partial charge in [0, 0.05) is 26.2 Å². The zero-order valence-corrected chi connectivity index (χ0v) is 18.4. The Bertz CT molecular complexity index is 489. The van der Waals surface area contributed by atoms with Gasteiger partial charge in [-0.1, -0.05) is 13.8 Å². The van der Waals surface area contributed by atoms with Crippen molar-refractivity contribution >= 4 is 36.0 Å². The Balaban J connectivity index is 0.00000312. The number of carbonyl (C=O) groups is 1. The van der Waals surface area contributed by atoms with E-state index in [2.05, 4.69) is 15.2 Å². The van der Waals surface area contributed by atoms with E-state index >= 15 is 0 Å². The van der Waals surface area contributed by atoms with E-state index in [1.165, 1.54) is 0 Å². The highest BCUT2D eigenvalue weighted by molar-refractivity contribution is 14.0. The average molecular weight is 468 g/mol. The van der Waals surface area contributed by atoms with E-state index in [1.54, 1.807) is 4.90 Å². The number of nitrogens with one attached hydrogen (secondary N) is 1. The molecule has 146 valence electrons. The van der Waals surface area contributed by atoms with Crippen LogP contribution in [0.5, 0.6) is 0 Å². The number of fused-ring (bicyclic) bond motifs is 1. The second-order valence-corrected chi connectivity index (χ2v) is 7.72. The lowest BCUT2D eigenvalue weighted by Crippen LogP contribution is -2.58. The molecular weight excluding hydrogens is 435 g/mol. The second kappa shape index (κ2) is 8.75. The summed E-state index contributed by atoms with van der Waals surface area (Å²) in [5, 5.41) is 13.7. The van der Waals surface area contributed by atoms with Crippen LogP contribution in [0.15, 0.2) is 4.99 Å². The maximum absolute atomic E-state index is 12.2. The Labute approximate surface area is 168 Å². The molecule has 0 aliphatic carbocycles. The first-order valence-electron chi connectivity index (χ1n) is 8.92. The van der Waals surface area contributed by atoms with Crippen LogP contribution in [0, 0.1) is 0 Å². The molecule has 1 unspecified atom stereocenters. The monoisotopic (exact) mass is 468 g/mol. The SMILES string of the molecule is CCC(O)(CC)CNC1=NCC2CN(C(=O)OC(C)(C)C)CCN12.I. The van der Waals surface area contributed by atoms with Gasteiger partial charge in [-0.25, -0.2) is 4.79 Å². The fourth-order valence-electron chi connectivity index (χ4n) is 2.97. The highest BCUT2D eigenvalue weighted by atomic mass is 127. The molecule has 2 N–H and O–H groups in total. The summed E-state index contributed by atoms with van der Waals surface area (Å²) in [7, 11) is 0. The van der Waals surface area contributed by atoms with Crippen molar-refractivity contribution < 1.29 is 14.6 Å². The van der Waals surface area contributed by atoms with Crippen LogP contribution in [-0.4, -0.2) is 76.9 Å². The number of carbonyl (C=O) groups excluding carboxylic acids is 1. The van der Waals surface area contributed by atoms with Crippen LogP contribution < -0.4 is 5.32 Å². The van der Waals surface area contributed by atoms with Gasteiger partial charge in [0.2, 0.25) is 0 Å². The normalized spacial score (nSPS) is 20.6. The number of guanidine groups is 1. The highest BCUT2D eigenvalue weighted by Crippen LogP contribution is 2.19. The minimum atomic E-state index is -0.695. The van der Waals surface area contributed by atoms with Gasteiger partial charge in [0.1, 0.15) is 5.60 Å². The first-order chi connectivity index (χ1) is 11.2. The Morgan fingerprint density at radius 1 is 1.32 bits per heavy atom. The van der Waals surface area contributed by atoms with Crippen molar-refractivity contribution in [1.29, 1.82) is 0 Å². The molecule has 0 spiro atoms. The van der Waals surface area contributed by atoms with Crippen molar-refractivity contribution in [3.05, 3.63) is 0 Å². The lowest BCUT2D eigenvalue weighted by molar-refractivity contribution is 0.0134.